The van der Waals surface area contributed by atoms with E-state index in [2.05, 4.69) is 33.0 Å². The van der Waals surface area contributed by atoms with E-state index in [0.717, 1.165) is 5.56 Å². The maximum atomic E-state index is 13.4. The van der Waals surface area contributed by atoms with Crippen LogP contribution in [-0.4, -0.2) is 35.5 Å². The average Bonchev–Trinajstić information content (AvgIpc) is 2.97. The molecule has 0 aliphatic carbocycles. The molecule has 0 radical (unpaired) electrons. The number of nitrogens with one attached hydrogen (secondary N) is 1. The van der Waals surface area contributed by atoms with Crippen molar-refractivity contribution in [2.45, 2.75) is 0 Å². The highest BCUT2D eigenvalue weighted by Gasteiger charge is 2.15. The van der Waals surface area contributed by atoms with Crippen molar-refractivity contribution < 1.29 is 18.7 Å². The van der Waals surface area contributed by atoms with E-state index in [0.29, 0.717) is 43.0 Å². The van der Waals surface area contributed by atoms with E-state index in [1.165, 1.54) is 36.1 Å². The number of para-hydroxylation sites is 1. The summed E-state index contributed by atoms with van der Waals surface area (Å²) in [5.41, 5.74) is 2.13. The van der Waals surface area contributed by atoms with Crippen molar-refractivity contribution in [2.75, 3.05) is 19.0 Å². The summed E-state index contributed by atoms with van der Waals surface area (Å²) in [4.78, 5) is 30.4. The minimum absolute atomic E-state index is 0.282. The lowest BCUT2D eigenvalue weighted by Crippen LogP contribution is -2.21. The van der Waals surface area contributed by atoms with Crippen molar-refractivity contribution in [1.29, 1.82) is 0 Å². The molecular formula is C30H22FIN4O4. The Morgan fingerprint density at radius 3 is 2.52 bits per heavy atom. The third-order valence-corrected chi connectivity index (χ3v) is 6.64. The lowest BCUT2D eigenvalue weighted by atomic mass is 10.2. The van der Waals surface area contributed by atoms with Gasteiger partial charge in [0.2, 0.25) is 0 Å². The average molecular weight is 648 g/mol. The number of amides is 1. The number of methoxy groups -OCH3 is 1. The van der Waals surface area contributed by atoms with E-state index in [1.54, 1.807) is 36.5 Å². The van der Waals surface area contributed by atoms with Gasteiger partial charge in [-0.3, -0.25) is 9.59 Å². The van der Waals surface area contributed by atoms with E-state index in [9.17, 15) is 14.0 Å². The number of anilines is 1. The molecular weight excluding hydrogens is 626 g/mol. The molecule has 5 rings (SSSR count). The number of hydrogen-bond donors (Lipinski definition) is 1. The molecule has 0 atom stereocenters. The molecule has 1 aromatic heterocycles. The van der Waals surface area contributed by atoms with Crippen LogP contribution in [0.5, 0.6) is 11.5 Å². The first-order valence-electron chi connectivity index (χ1n) is 12.1. The minimum Gasteiger partial charge on any atom is -0.493 e. The number of ether oxygens (including phenoxy) is 2. The summed E-state index contributed by atoms with van der Waals surface area (Å²) in [7, 11) is 1.49. The summed E-state index contributed by atoms with van der Waals surface area (Å²) in [6, 6.07) is 25.4. The van der Waals surface area contributed by atoms with Gasteiger partial charge in [-0.2, -0.15) is 9.78 Å². The normalized spacial score (nSPS) is 11.1. The summed E-state index contributed by atoms with van der Waals surface area (Å²) < 4.78 is 26.3. The molecule has 200 valence electrons. The SMILES string of the molecule is COc1cc(C=Nn2c(-c3ccccc3)nc3ccccc3c2=O)cc(I)c1OCC(=O)Nc1ccc(F)cc1. The van der Waals surface area contributed by atoms with Crippen LogP contribution in [0.2, 0.25) is 0 Å². The lowest BCUT2D eigenvalue weighted by Gasteiger charge is -2.14. The first-order valence-corrected chi connectivity index (χ1v) is 13.2. The van der Waals surface area contributed by atoms with Crippen molar-refractivity contribution in [3.8, 4) is 22.9 Å². The van der Waals surface area contributed by atoms with Crippen LogP contribution in [0.1, 0.15) is 5.56 Å². The predicted molar refractivity (Wildman–Crippen MR) is 161 cm³/mol. The Bertz CT molecular complexity index is 1770. The Kier molecular flexibility index (Phi) is 8.15. The van der Waals surface area contributed by atoms with Gasteiger partial charge in [0, 0.05) is 11.3 Å². The zero-order valence-electron chi connectivity index (χ0n) is 21.2. The van der Waals surface area contributed by atoms with Crippen LogP contribution in [0, 0.1) is 9.39 Å². The maximum absolute atomic E-state index is 13.4. The number of carbonyl (C=O) groups is 1. The highest BCUT2D eigenvalue weighted by atomic mass is 127. The molecule has 5 aromatic rings. The third kappa shape index (κ3) is 6.01. The molecule has 0 bridgehead atoms. The van der Waals surface area contributed by atoms with Crippen LogP contribution < -0.4 is 20.3 Å². The van der Waals surface area contributed by atoms with Crippen molar-refractivity contribution >= 4 is 51.3 Å². The van der Waals surface area contributed by atoms with Crippen LogP contribution >= 0.6 is 22.6 Å². The van der Waals surface area contributed by atoms with Crippen molar-refractivity contribution in [3.63, 3.8) is 0 Å². The number of carbonyl (C=O) groups excluding carboxylic acids is 1. The molecule has 0 aliphatic heterocycles. The summed E-state index contributed by atoms with van der Waals surface area (Å²) in [6.07, 6.45) is 1.54. The Morgan fingerprint density at radius 2 is 1.77 bits per heavy atom. The fourth-order valence-electron chi connectivity index (χ4n) is 3.95. The van der Waals surface area contributed by atoms with Gasteiger partial charge < -0.3 is 14.8 Å². The minimum atomic E-state index is -0.410. The van der Waals surface area contributed by atoms with Crippen LogP contribution in [0.15, 0.2) is 101 Å². The van der Waals surface area contributed by atoms with Crippen LogP contribution in [0.25, 0.3) is 22.3 Å². The number of fused-ring (bicyclic) bond motifs is 1. The third-order valence-electron chi connectivity index (χ3n) is 5.84. The summed E-state index contributed by atoms with van der Waals surface area (Å²) in [5.74, 6) is 0.371. The van der Waals surface area contributed by atoms with Gasteiger partial charge in [-0.25, -0.2) is 9.37 Å². The van der Waals surface area contributed by atoms with E-state index in [-0.39, 0.29) is 12.2 Å². The lowest BCUT2D eigenvalue weighted by molar-refractivity contribution is -0.118. The molecule has 40 heavy (non-hydrogen) atoms. The van der Waals surface area contributed by atoms with Gasteiger partial charge in [0.25, 0.3) is 11.5 Å². The fourth-order valence-corrected chi connectivity index (χ4v) is 4.73. The Labute approximate surface area is 242 Å². The molecule has 1 heterocycles. The van der Waals surface area contributed by atoms with E-state index < -0.39 is 11.7 Å². The second kappa shape index (κ2) is 12.1. The number of benzene rings is 4. The molecule has 0 unspecified atom stereocenters. The largest absolute Gasteiger partial charge is 0.493 e. The topological polar surface area (TPSA) is 94.8 Å². The first-order chi connectivity index (χ1) is 19.4. The van der Waals surface area contributed by atoms with Crippen molar-refractivity contribution in [1.82, 2.24) is 9.66 Å². The van der Waals surface area contributed by atoms with Gasteiger partial charge >= 0.3 is 0 Å². The van der Waals surface area contributed by atoms with E-state index in [4.69, 9.17) is 14.5 Å². The molecule has 10 heteroatoms. The standard InChI is InChI=1S/C30H22FIN4O4/c1-39-26-16-19(15-24(32)28(26)40-18-27(37)34-22-13-11-21(31)12-14-22)17-33-36-29(20-7-3-2-4-8-20)35-25-10-6-5-9-23(25)30(36)38/h2-17H,18H2,1H3,(H,34,37). The van der Waals surface area contributed by atoms with Gasteiger partial charge in [0.15, 0.2) is 23.9 Å². The molecule has 8 nitrogen and oxygen atoms in total. The zero-order valence-corrected chi connectivity index (χ0v) is 23.3. The van der Waals surface area contributed by atoms with Gasteiger partial charge in [-0.1, -0.05) is 42.5 Å². The second-order valence-electron chi connectivity index (χ2n) is 8.56. The monoisotopic (exact) mass is 648 g/mol. The van der Waals surface area contributed by atoms with Gasteiger partial charge in [-0.15, -0.1) is 0 Å². The Balaban J connectivity index is 1.42. The van der Waals surface area contributed by atoms with E-state index >= 15 is 0 Å². The van der Waals surface area contributed by atoms with Gasteiger partial charge in [0.05, 0.1) is 27.8 Å². The van der Waals surface area contributed by atoms with E-state index in [1.807, 2.05) is 36.4 Å². The Hall–Kier alpha value is -4.58. The quantitative estimate of drug-likeness (QED) is 0.172. The Morgan fingerprint density at radius 1 is 1.05 bits per heavy atom. The summed E-state index contributed by atoms with van der Waals surface area (Å²) in [5, 5.41) is 7.60. The summed E-state index contributed by atoms with van der Waals surface area (Å²) in [6.45, 7) is -0.282. The fraction of sp³-hybridized carbons (Fsp3) is 0.0667. The number of halogens is 2. The molecule has 0 saturated heterocycles. The van der Waals surface area contributed by atoms with Crippen molar-refractivity contribution in [2.24, 2.45) is 5.10 Å². The van der Waals surface area contributed by atoms with Crippen molar-refractivity contribution in [3.05, 3.63) is 116 Å². The van der Waals surface area contributed by atoms with Crippen LogP contribution in [0.3, 0.4) is 0 Å². The molecule has 0 spiro atoms. The number of rotatable bonds is 8. The molecule has 1 amide bonds. The smallest absolute Gasteiger partial charge is 0.282 e. The highest BCUT2D eigenvalue weighted by molar-refractivity contribution is 14.1. The second-order valence-corrected chi connectivity index (χ2v) is 9.72. The molecule has 4 aromatic carbocycles. The predicted octanol–water partition coefficient (Wildman–Crippen LogP) is 5.72. The first kappa shape index (κ1) is 27.0. The molecule has 0 fully saturated rings. The van der Waals surface area contributed by atoms with Crippen LogP contribution in [-0.2, 0) is 4.79 Å². The molecule has 0 saturated carbocycles. The number of aromatic nitrogens is 2. The zero-order chi connectivity index (χ0) is 28.1. The number of hydrogen-bond acceptors (Lipinski definition) is 6. The summed E-state index contributed by atoms with van der Waals surface area (Å²) >= 11 is 2.08. The maximum Gasteiger partial charge on any atom is 0.282 e. The highest BCUT2D eigenvalue weighted by Crippen LogP contribution is 2.33. The number of nitrogens with zero attached hydrogens (tertiary/aromatic N) is 3. The molecule has 0 aliphatic rings. The van der Waals surface area contributed by atoms with Gasteiger partial charge in [0.1, 0.15) is 5.82 Å². The molecule has 1 N–H and O–H groups in total. The van der Waals surface area contributed by atoms with Gasteiger partial charge in [-0.05, 0) is 76.7 Å². The van der Waals surface area contributed by atoms with Crippen LogP contribution in [0.4, 0.5) is 10.1 Å².